The molecule has 1 N–H and O–H groups in total. The van der Waals surface area contributed by atoms with Crippen LogP contribution in [0, 0.1) is 0 Å². The number of rotatable bonds is 7. The minimum atomic E-state index is -0.138. The number of ether oxygens (including phenoxy) is 3. The highest BCUT2D eigenvalue weighted by molar-refractivity contribution is 6.31. The van der Waals surface area contributed by atoms with Crippen LogP contribution in [0.2, 0.25) is 5.02 Å². The Morgan fingerprint density at radius 2 is 1.79 bits per heavy atom. The first-order valence-electron chi connectivity index (χ1n) is 7.42. The molecular formula is C18H20ClNO4. The van der Waals surface area contributed by atoms with Crippen LogP contribution in [0.1, 0.15) is 12.0 Å². The van der Waals surface area contributed by atoms with Gasteiger partial charge in [-0.1, -0.05) is 23.7 Å². The number of nitrogens with one attached hydrogen (secondary N) is 1. The third-order valence-corrected chi connectivity index (χ3v) is 3.78. The Morgan fingerprint density at radius 3 is 2.46 bits per heavy atom. The SMILES string of the molecule is COc1ccc(Cl)cc1NC(=O)CCc1cccc(OC)c1OC. The van der Waals surface area contributed by atoms with Crippen LogP contribution in [0.15, 0.2) is 36.4 Å². The van der Waals surface area contributed by atoms with E-state index in [1.54, 1.807) is 39.5 Å². The van der Waals surface area contributed by atoms with Gasteiger partial charge in [-0.3, -0.25) is 4.79 Å². The molecule has 0 aliphatic carbocycles. The zero-order valence-corrected chi connectivity index (χ0v) is 14.6. The van der Waals surface area contributed by atoms with E-state index in [4.69, 9.17) is 25.8 Å². The highest BCUT2D eigenvalue weighted by Crippen LogP contribution is 2.32. The number of carbonyl (C=O) groups excluding carboxylic acids is 1. The molecule has 0 aliphatic heterocycles. The van der Waals surface area contributed by atoms with E-state index in [1.807, 2.05) is 18.2 Å². The molecule has 0 unspecified atom stereocenters. The zero-order valence-electron chi connectivity index (χ0n) is 13.9. The lowest BCUT2D eigenvalue weighted by atomic mass is 10.1. The second-order valence-corrected chi connectivity index (χ2v) is 5.48. The van der Waals surface area contributed by atoms with Crippen molar-refractivity contribution >= 4 is 23.2 Å². The Morgan fingerprint density at radius 1 is 1.04 bits per heavy atom. The van der Waals surface area contributed by atoms with E-state index in [1.165, 1.54) is 0 Å². The smallest absolute Gasteiger partial charge is 0.224 e. The maximum absolute atomic E-state index is 12.2. The Labute approximate surface area is 146 Å². The number of anilines is 1. The molecule has 0 aromatic heterocycles. The molecular weight excluding hydrogens is 330 g/mol. The van der Waals surface area contributed by atoms with Gasteiger partial charge in [-0.05, 0) is 36.2 Å². The van der Waals surface area contributed by atoms with Crippen LogP contribution in [0.25, 0.3) is 0 Å². The molecule has 0 aliphatic rings. The highest BCUT2D eigenvalue weighted by atomic mass is 35.5. The fourth-order valence-electron chi connectivity index (χ4n) is 2.39. The average molecular weight is 350 g/mol. The van der Waals surface area contributed by atoms with Crippen molar-refractivity contribution in [3.63, 3.8) is 0 Å². The van der Waals surface area contributed by atoms with Crippen molar-refractivity contribution < 1.29 is 19.0 Å². The third kappa shape index (κ3) is 4.32. The maximum Gasteiger partial charge on any atom is 0.224 e. The fraction of sp³-hybridized carbons (Fsp3) is 0.278. The van der Waals surface area contributed by atoms with Crippen molar-refractivity contribution in [2.75, 3.05) is 26.6 Å². The van der Waals surface area contributed by atoms with Crippen LogP contribution >= 0.6 is 11.6 Å². The molecule has 2 aromatic rings. The van der Waals surface area contributed by atoms with Crippen LogP contribution in [0.5, 0.6) is 17.2 Å². The van der Waals surface area contributed by atoms with Crippen LogP contribution in [0.4, 0.5) is 5.69 Å². The molecule has 0 spiro atoms. The van der Waals surface area contributed by atoms with Crippen molar-refractivity contribution in [1.29, 1.82) is 0 Å². The van der Waals surface area contributed by atoms with Gasteiger partial charge in [0.15, 0.2) is 11.5 Å². The minimum absolute atomic E-state index is 0.138. The second kappa shape index (κ2) is 8.45. The largest absolute Gasteiger partial charge is 0.495 e. The van der Waals surface area contributed by atoms with Gasteiger partial charge in [0.2, 0.25) is 5.91 Å². The van der Waals surface area contributed by atoms with E-state index in [-0.39, 0.29) is 5.91 Å². The molecule has 5 nitrogen and oxygen atoms in total. The van der Waals surface area contributed by atoms with E-state index in [2.05, 4.69) is 5.32 Å². The molecule has 6 heteroatoms. The molecule has 2 aromatic carbocycles. The average Bonchev–Trinajstić information content (AvgIpc) is 2.59. The van der Waals surface area contributed by atoms with Gasteiger partial charge in [0.25, 0.3) is 0 Å². The quantitative estimate of drug-likeness (QED) is 0.822. The summed E-state index contributed by atoms with van der Waals surface area (Å²) in [4.78, 5) is 12.2. The van der Waals surface area contributed by atoms with Gasteiger partial charge < -0.3 is 19.5 Å². The summed E-state index contributed by atoms with van der Waals surface area (Å²) in [7, 11) is 4.71. The summed E-state index contributed by atoms with van der Waals surface area (Å²) >= 11 is 5.97. The summed E-state index contributed by atoms with van der Waals surface area (Å²) in [6.45, 7) is 0. The fourth-order valence-corrected chi connectivity index (χ4v) is 2.56. The minimum Gasteiger partial charge on any atom is -0.495 e. The number of para-hydroxylation sites is 1. The maximum atomic E-state index is 12.2. The van der Waals surface area contributed by atoms with Gasteiger partial charge in [0.05, 0.1) is 27.0 Å². The summed E-state index contributed by atoms with van der Waals surface area (Å²) in [5.41, 5.74) is 1.46. The Bertz CT molecular complexity index is 718. The van der Waals surface area contributed by atoms with Crippen molar-refractivity contribution in [3.05, 3.63) is 47.0 Å². The predicted octanol–water partition coefficient (Wildman–Crippen LogP) is 3.94. The van der Waals surface area contributed by atoms with Crippen molar-refractivity contribution in [1.82, 2.24) is 0 Å². The number of carbonyl (C=O) groups is 1. The number of halogens is 1. The topological polar surface area (TPSA) is 56.8 Å². The van der Waals surface area contributed by atoms with E-state index < -0.39 is 0 Å². The molecule has 2 rings (SSSR count). The van der Waals surface area contributed by atoms with Crippen molar-refractivity contribution in [2.24, 2.45) is 0 Å². The van der Waals surface area contributed by atoms with E-state index in [0.29, 0.717) is 40.8 Å². The van der Waals surface area contributed by atoms with Crippen molar-refractivity contribution in [2.45, 2.75) is 12.8 Å². The molecule has 1 amide bonds. The van der Waals surface area contributed by atoms with Gasteiger partial charge in [-0.15, -0.1) is 0 Å². The van der Waals surface area contributed by atoms with E-state index >= 15 is 0 Å². The molecule has 0 bridgehead atoms. The summed E-state index contributed by atoms with van der Waals surface area (Å²) in [6.07, 6.45) is 0.814. The summed E-state index contributed by atoms with van der Waals surface area (Å²) in [5, 5.41) is 3.35. The first kappa shape index (κ1) is 17.9. The molecule has 128 valence electrons. The van der Waals surface area contributed by atoms with Gasteiger partial charge in [0.1, 0.15) is 5.75 Å². The Hall–Kier alpha value is -2.40. The normalized spacial score (nSPS) is 10.2. The first-order chi connectivity index (χ1) is 11.6. The summed E-state index contributed by atoms with van der Waals surface area (Å²) in [5.74, 6) is 1.72. The predicted molar refractivity (Wildman–Crippen MR) is 94.5 cm³/mol. The number of aryl methyl sites for hydroxylation is 1. The molecule has 0 radical (unpaired) electrons. The second-order valence-electron chi connectivity index (χ2n) is 5.05. The molecule has 0 saturated heterocycles. The first-order valence-corrected chi connectivity index (χ1v) is 7.80. The standard InChI is InChI=1S/C18H20ClNO4/c1-22-15-9-8-13(19)11-14(15)20-17(21)10-7-12-5-4-6-16(23-2)18(12)24-3/h4-6,8-9,11H,7,10H2,1-3H3,(H,20,21). The van der Waals surface area contributed by atoms with Crippen LogP contribution < -0.4 is 19.5 Å². The number of benzene rings is 2. The van der Waals surface area contributed by atoms with Gasteiger partial charge in [0, 0.05) is 11.4 Å². The number of methoxy groups -OCH3 is 3. The summed E-state index contributed by atoms with van der Waals surface area (Å²) in [6, 6.07) is 10.7. The molecule has 0 saturated carbocycles. The van der Waals surface area contributed by atoms with Gasteiger partial charge in [-0.25, -0.2) is 0 Å². The number of hydrogen-bond donors (Lipinski definition) is 1. The Kier molecular flexibility index (Phi) is 6.32. The molecule has 24 heavy (non-hydrogen) atoms. The third-order valence-electron chi connectivity index (χ3n) is 3.54. The Balaban J connectivity index is 2.05. The van der Waals surface area contributed by atoms with Crippen molar-refractivity contribution in [3.8, 4) is 17.2 Å². The van der Waals surface area contributed by atoms with Gasteiger partial charge >= 0.3 is 0 Å². The van der Waals surface area contributed by atoms with E-state index in [9.17, 15) is 4.79 Å². The zero-order chi connectivity index (χ0) is 17.5. The monoisotopic (exact) mass is 349 g/mol. The van der Waals surface area contributed by atoms with Gasteiger partial charge in [-0.2, -0.15) is 0 Å². The summed E-state index contributed by atoms with van der Waals surface area (Å²) < 4.78 is 15.9. The lowest BCUT2D eigenvalue weighted by Gasteiger charge is -2.13. The van der Waals surface area contributed by atoms with Crippen LogP contribution in [-0.4, -0.2) is 27.2 Å². The highest BCUT2D eigenvalue weighted by Gasteiger charge is 2.12. The van der Waals surface area contributed by atoms with E-state index in [0.717, 1.165) is 5.56 Å². The number of amides is 1. The molecule has 0 heterocycles. The lowest BCUT2D eigenvalue weighted by Crippen LogP contribution is -2.13. The number of hydrogen-bond acceptors (Lipinski definition) is 4. The van der Waals surface area contributed by atoms with Crippen LogP contribution in [0.3, 0.4) is 0 Å². The van der Waals surface area contributed by atoms with Crippen LogP contribution in [-0.2, 0) is 11.2 Å². The molecule has 0 atom stereocenters. The molecule has 0 fully saturated rings. The lowest BCUT2D eigenvalue weighted by molar-refractivity contribution is -0.116.